The Hall–Kier alpha value is -2.28. The summed E-state index contributed by atoms with van der Waals surface area (Å²) in [5, 5.41) is 12.8. The summed E-state index contributed by atoms with van der Waals surface area (Å²) in [6, 6.07) is 5.45. The number of anilines is 2. The average Bonchev–Trinajstić information content (AvgIpc) is 2.68. The van der Waals surface area contributed by atoms with Crippen molar-refractivity contribution in [3.63, 3.8) is 0 Å². The molecule has 0 spiro atoms. The first-order valence-electron chi connectivity index (χ1n) is 6.51. The van der Waals surface area contributed by atoms with Gasteiger partial charge in [-0.1, -0.05) is 0 Å². The number of aromatic nitrogens is 1. The smallest absolute Gasteiger partial charge is 0.340 e. The summed E-state index contributed by atoms with van der Waals surface area (Å²) in [4.78, 5) is 11.3. The van der Waals surface area contributed by atoms with Gasteiger partial charge in [0.25, 0.3) is 0 Å². The first-order valence-corrected chi connectivity index (χ1v) is 7.29. The molecule has 1 aliphatic heterocycles. The van der Waals surface area contributed by atoms with Gasteiger partial charge in [0, 0.05) is 18.2 Å². The lowest BCUT2D eigenvalue weighted by molar-refractivity contribution is 0.0697. The SMILES string of the molecule is Cc1nsc(Nc2ccc3c(c2)OCCCO3)c1C(=O)O. The molecule has 0 atom stereocenters. The van der Waals surface area contributed by atoms with Crippen LogP contribution in [0.25, 0.3) is 0 Å². The maximum absolute atomic E-state index is 11.3. The summed E-state index contributed by atoms with van der Waals surface area (Å²) in [6.07, 6.45) is 0.842. The Morgan fingerprint density at radius 2 is 2.10 bits per heavy atom. The Balaban J connectivity index is 1.89. The summed E-state index contributed by atoms with van der Waals surface area (Å²) in [7, 11) is 0. The van der Waals surface area contributed by atoms with Crippen molar-refractivity contribution < 1.29 is 19.4 Å². The predicted octanol–water partition coefficient (Wildman–Crippen LogP) is 3.05. The van der Waals surface area contributed by atoms with E-state index in [2.05, 4.69) is 9.69 Å². The standard InChI is InChI=1S/C14H14N2O4S/c1-8-12(14(17)18)13(21-16-8)15-9-3-4-10-11(7-9)20-6-2-5-19-10/h3-4,7,15H,2,5-6H2,1H3,(H,17,18). The predicted molar refractivity (Wildman–Crippen MR) is 79.1 cm³/mol. The highest BCUT2D eigenvalue weighted by Crippen LogP contribution is 2.35. The Morgan fingerprint density at radius 3 is 2.86 bits per heavy atom. The van der Waals surface area contributed by atoms with E-state index in [-0.39, 0.29) is 5.56 Å². The molecule has 0 amide bonds. The van der Waals surface area contributed by atoms with Gasteiger partial charge < -0.3 is 19.9 Å². The molecule has 3 rings (SSSR count). The summed E-state index contributed by atoms with van der Waals surface area (Å²) in [6.45, 7) is 2.92. The fourth-order valence-corrected chi connectivity index (χ4v) is 2.89. The highest BCUT2D eigenvalue weighted by Gasteiger charge is 2.18. The van der Waals surface area contributed by atoms with Crippen molar-refractivity contribution in [1.82, 2.24) is 4.37 Å². The largest absolute Gasteiger partial charge is 0.490 e. The first kappa shape index (κ1) is 13.7. The maximum Gasteiger partial charge on any atom is 0.340 e. The molecule has 21 heavy (non-hydrogen) atoms. The van der Waals surface area contributed by atoms with Crippen LogP contribution in [0.4, 0.5) is 10.7 Å². The zero-order valence-electron chi connectivity index (χ0n) is 11.4. The van der Waals surface area contributed by atoms with Crippen LogP contribution in [0.5, 0.6) is 11.5 Å². The highest BCUT2D eigenvalue weighted by atomic mass is 32.1. The van der Waals surface area contributed by atoms with Crippen molar-refractivity contribution in [2.45, 2.75) is 13.3 Å². The summed E-state index contributed by atoms with van der Waals surface area (Å²) < 4.78 is 15.3. The lowest BCUT2D eigenvalue weighted by Crippen LogP contribution is -2.01. The molecule has 0 bridgehead atoms. The van der Waals surface area contributed by atoms with Crippen molar-refractivity contribution in [1.29, 1.82) is 0 Å². The molecule has 0 unspecified atom stereocenters. The average molecular weight is 306 g/mol. The number of benzene rings is 1. The Morgan fingerprint density at radius 1 is 1.33 bits per heavy atom. The number of nitrogens with one attached hydrogen (secondary N) is 1. The topological polar surface area (TPSA) is 80.7 Å². The molecule has 6 nitrogen and oxygen atoms in total. The second kappa shape index (κ2) is 5.61. The van der Waals surface area contributed by atoms with E-state index in [9.17, 15) is 9.90 Å². The lowest BCUT2D eigenvalue weighted by atomic mass is 10.2. The first-order chi connectivity index (χ1) is 10.1. The van der Waals surface area contributed by atoms with E-state index in [0.717, 1.165) is 23.6 Å². The van der Waals surface area contributed by atoms with Gasteiger partial charge in [-0.25, -0.2) is 4.79 Å². The van der Waals surface area contributed by atoms with Crippen LogP contribution in [0.15, 0.2) is 18.2 Å². The summed E-state index contributed by atoms with van der Waals surface area (Å²) in [5.74, 6) is 0.380. The van der Waals surface area contributed by atoms with Crippen LogP contribution in [0.1, 0.15) is 22.5 Å². The van der Waals surface area contributed by atoms with Gasteiger partial charge in [-0.2, -0.15) is 4.37 Å². The molecule has 0 radical (unpaired) electrons. The highest BCUT2D eigenvalue weighted by molar-refractivity contribution is 7.10. The number of carbonyl (C=O) groups is 1. The molecule has 1 aliphatic rings. The third-order valence-corrected chi connectivity index (χ3v) is 3.94. The summed E-state index contributed by atoms with van der Waals surface area (Å²) in [5.41, 5.74) is 1.45. The number of aromatic carboxylic acids is 1. The lowest BCUT2D eigenvalue weighted by Gasteiger charge is -2.10. The minimum absolute atomic E-state index is 0.201. The fourth-order valence-electron chi connectivity index (χ4n) is 2.08. The number of nitrogens with zero attached hydrogens (tertiary/aromatic N) is 1. The van der Waals surface area contributed by atoms with Crippen LogP contribution in [0.3, 0.4) is 0 Å². The molecule has 1 aromatic heterocycles. The van der Waals surface area contributed by atoms with Crippen molar-refractivity contribution in [3.05, 3.63) is 29.5 Å². The van der Waals surface area contributed by atoms with E-state index in [1.165, 1.54) is 0 Å². The van der Waals surface area contributed by atoms with Crippen LogP contribution < -0.4 is 14.8 Å². The molecule has 0 fully saturated rings. The van der Waals surface area contributed by atoms with Gasteiger partial charge in [0.15, 0.2) is 11.5 Å². The Kier molecular flexibility index (Phi) is 3.66. The molecular weight excluding hydrogens is 292 g/mol. The van der Waals surface area contributed by atoms with Crippen molar-refractivity contribution >= 4 is 28.2 Å². The molecule has 0 aliphatic carbocycles. The molecule has 1 aromatic carbocycles. The second-order valence-corrected chi connectivity index (χ2v) is 5.39. The Labute approximate surface area is 125 Å². The van der Waals surface area contributed by atoms with Crippen molar-refractivity contribution in [3.8, 4) is 11.5 Å². The minimum atomic E-state index is -0.988. The quantitative estimate of drug-likeness (QED) is 0.907. The van der Waals surface area contributed by atoms with Gasteiger partial charge in [-0.15, -0.1) is 0 Å². The number of aryl methyl sites for hydroxylation is 1. The zero-order chi connectivity index (χ0) is 14.8. The number of rotatable bonds is 3. The van der Waals surface area contributed by atoms with Crippen molar-refractivity contribution in [2.24, 2.45) is 0 Å². The third kappa shape index (κ3) is 2.78. The van der Waals surface area contributed by atoms with E-state index in [0.29, 0.717) is 35.4 Å². The normalized spacial score (nSPS) is 13.6. The molecule has 2 aromatic rings. The monoisotopic (exact) mass is 306 g/mol. The van der Waals surface area contributed by atoms with Crippen LogP contribution >= 0.6 is 11.5 Å². The van der Waals surface area contributed by atoms with Gasteiger partial charge >= 0.3 is 5.97 Å². The van der Waals surface area contributed by atoms with E-state index < -0.39 is 5.97 Å². The number of carboxylic acids is 1. The fraction of sp³-hybridized carbons (Fsp3) is 0.286. The molecule has 2 N–H and O–H groups in total. The van der Waals surface area contributed by atoms with Gasteiger partial charge in [0.2, 0.25) is 0 Å². The summed E-state index contributed by atoms with van der Waals surface area (Å²) >= 11 is 1.13. The third-order valence-electron chi connectivity index (χ3n) is 3.08. The molecule has 2 heterocycles. The minimum Gasteiger partial charge on any atom is -0.490 e. The molecule has 7 heteroatoms. The zero-order valence-corrected chi connectivity index (χ0v) is 12.2. The van der Waals surface area contributed by atoms with Gasteiger partial charge in [-0.3, -0.25) is 0 Å². The number of hydrogen-bond donors (Lipinski definition) is 2. The molecule has 0 saturated carbocycles. The molecule has 0 saturated heterocycles. The van der Waals surface area contributed by atoms with E-state index in [1.54, 1.807) is 13.0 Å². The molecular formula is C14H14N2O4S. The number of ether oxygens (including phenoxy) is 2. The van der Waals surface area contributed by atoms with E-state index in [4.69, 9.17) is 9.47 Å². The van der Waals surface area contributed by atoms with E-state index >= 15 is 0 Å². The van der Waals surface area contributed by atoms with Crippen LogP contribution in [-0.4, -0.2) is 28.7 Å². The van der Waals surface area contributed by atoms with Gasteiger partial charge in [-0.05, 0) is 30.6 Å². The van der Waals surface area contributed by atoms with Crippen LogP contribution in [-0.2, 0) is 0 Å². The van der Waals surface area contributed by atoms with Crippen LogP contribution in [0, 0.1) is 6.92 Å². The van der Waals surface area contributed by atoms with Gasteiger partial charge in [0.05, 0.1) is 18.9 Å². The number of hydrogen-bond acceptors (Lipinski definition) is 6. The second-order valence-electron chi connectivity index (χ2n) is 4.61. The van der Waals surface area contributed by atoms with Crippen molar-refractivity contribution in [2.75, 3.05) is 18.5 Å². The molecule has 110 valence electrons. The van der Waals surface area contributed by atoms with Crippen LogP contribution in [0.2, 0.25) is 0 Å². The maximum atomic E-state index is 11.3. The number of fused-ring (bicyclic) bond motifs is 1. The number of carboxylic acid groups (broad SMARTS) is 1. The van der Waals surface area contributed by atoms with Gasteiger partial charge in [0.1, 0.15) is 10.6 Å². The Bertz CT molecular complexity index is 684. The van der Waals surface area contributed by atoms with E-state index in [1.807, 2.05) is 12.1 Å².